The first kappa shape index (κ1) is 11.5. The van der Waals surface area contributed by atoms with Crippen molar-refractivity contribution in [3.05, 3.63) is 35.4 Å². The molecule has 1 aliphatic heterocycles. The summed E-state index contributed by atoms with van der Waals surface area (Å²) in [4.78, 5) is 2.23. The smallest absolute Gasteiger partial charge is 0.126 e. The lowest BCUT2D eigenvalue weighted by atomic mass is 10.1. The van der Waals surface area contributed by atoms with Crippen LogP contribution in [0.15, 0.2) is 18.2 Å². The number of hydrogen-bond donors (Lipinski definition) is 1. The normalized spacial score (nSPS) is 19.7. The van der Waals surface area contributed by atoms with Crippen molar-refractivity contribution in [2.75, 3.05) is 26.2 Å². The summed E-state index contributed by atoms with van der Waals surface area (Å²) in [5, 5.41) is 3.25. The van der Waals surface area contributed by atoms with E-state index in [-0.39, 0.29) is 6.04 Å². The van der Waals surface area contributed by atoms with Gasteiger partial charge in [-0.3, -0.25) is 4.90 Å². The Morgan fingerprint density at radius 1 is 1.12 bits per heavy atom. The number of piperazine rings is 1. The lowest BCUT2D eigenvalue weighted by Crippen LogP contribution is -2.44. The van der Waals surface area contributed by atoms with E-state index < -0.39 is 11.6 Å². The van der Waals surface area contributed by atoms with Crippen LogP contribution in [0.5, 0.6) is 0 Å². The number of hydrogen-bond acceptors (Lipinski definition) is 2. The molecule has 88 valence electrons. The number of rotatable bonds is 2. The summed E-state index contributed by atoms with van der Waals surface area (Å²) >= 11 is 0. The highest BCUT2D eigenvalue weighted by Gasteiger charge is 2.18. The molecule has 0 spiro atoms. The molecule has 4 heteroatoms. The largest absolute Gasteiger partial charge is 0.314 e. The van der Waals surface area contributed by atoms with Gasteiger partial charge in [0, 0.05) is 38.3 Å². The van der Waals surface area contributed by atoms with Crippen molar-refractivity contribution >= 4 is 0 Å². The zero-order valence-corrected chi connectivity index (χ0v) is 9.34. The van der Waals surface area contributed by atoms with Crippen LogP contribution in [-0.4, -0.2) is 31.1 Å². The molecule has 0 aromatic heterocycles. The van der Waals surface area contributed by atoms with E-state index in [1.807, 2.05) is 6.92 Å². The van der Waals surface area contributed by atoms with Gasteiger partial charge in [0.25, 0.3) is 0 Å². The van der Waals surface area contributed by atoms with Crippen LogP contribution in [-0.2, 0) is 0 Å². The van der Waals surface area contributed by atoms with Gasteiger partial charge in [0.1, 0.15) is 11.6 Å². The Balaban J connectivity index is 2.15. The van der Waals surface area contributed by atoms with Gasteiger partial charge < -0.3 is 5.32 Å². The molecule has 1 N–H and O–H groups in total. The van der Waals surface area contributed by atoms with E-state index in [1.54, 1.807) is 0 Å². The third-order valence-corrected chi connectivity index (χ3v) is 3.07. The second-order valence-electron chi connectivity index (χ2n) is 4.16. The molecule has 1 aromatic rings. The van der Waals surface area contributed by atoms with Gasteiger partial charge in [-0.05, 0) is 24.6 Å². The van der Waals surface area contributed by atoms with Gasteiger partial charge in [0.05, 0.1) is 0 Å². The van der Waals surface area contributed by atoms with Crippen LogP contribution in [0.4, 0.5) is 8.78 Å². The molecule has 0 radical (unpaired) electrons. The van der Waals surface area contributed by atoms with Crippen LogP contribution < -0.4 is 5.32 Å². The maximum absolute atomic E-state index is 13.1. The minimum Gasteiger partial charge on any atom is -0.314 e. The van der Waals surface area contributed by atoms with Crippen molar-refractivity contribution in [3.8, 4) is 0 Å². The fourth-order valence-corrected chi connectivity index (χ4v) is 2.10. The first-order valence-corrected chi connectivity index (χ1v) is 5.57. The summed E-state index contributed by atoms with van der Waals surface area (Å²) in [6.45, 7) is 5.68. The zero-order chi connectivity index (χ0) is 11.5. The Morgan fingerprint density at radius 3 is 2.25 bits per heavy atom. The van der Waals surface area contributed by atoms with Crippen LogP contribution in [0.25, 0.3) is 0 Å². The summed E-state index contributed by atoms with van der Waals surface area (Å²) < 4.78 is 26.2. The standard InChI is InChI=1S/C12H16F2N2/c1-9(16-4-2-15-3-5-16)10-6-11(13)8-12(14)7-10/h6-9,15H,2-5H2,1H3/t9-/m1/s1. The second-order valence-corrected chi connectivity index (χ2v) is 4.16. The maximum atomic E-state index is 13.1. The van der Waals surface area contributed by atoms with Gasteiger partial charge in [-0.15, -0.1) is 0 Å². The van der Waals surface area contributed by atoms with E-state index in [2.05, 4.69) is 10.2 Å². The van der Waals surface area contributed by atoms with E-state index >= 15 is 0 Å². The Labute approximate surface area is 94.3 Å². The lowest BCUT2D eigenvalue weighted by Gasteiger charge is -2.33. The minimum absolute atomic E-state index is 0.0623. The molecule has 1 atom stereocenters. The van der Waals surface area contributed by atoms with Crippen molar-refractivity contribution < 1.29 is 8.78 Å². The van der Waals surface area contributed by atoms with E-state index in [4.69, 9.17) is 0 Å². The van der Waals surface area contributed by atoms with Gasteiger partial charge in [0.2, 0.25) is 0 Å². The molecule has 16 heavy (non-hydrogen) atoms. The van der Waals surface area contributed by atoms with Gasteiger partial charge >= 0.3 is 0 Å². The topological polar surface area (TPSA) is 15.3 Å². The van der Waals surface area contributed by atoms with Gasteiger partial charge in [0.15, 0.2) is 0 Å². The predicted molar refractivity (Wildman–Crippen MR) is 59.2 cm³/mol. The van der Waals surface area contributed by atoms with E-state index in [0.717, 1.165) is 32.2 Å². The summed E-state index contributed by atoms with van der Waals surface area (Å²) in [5.41, 5.74) is 0.708. The van der Waals surface area contributed by atoms with Crippen LogP contribution in [0.1, 0.15) is 18.5 Å². The molecular formula is C12H16F2N2. The molecule has 0 aliphatic carbocycles. The Hall–Kier alpha value is -1.00. The van der Waals surface area contributed by atoms with Crippen LogP contribution in [0.3, 0.4) is 0 Å². The van der Waals surface area contributed by atoms with Crippen LogP contribution >= 0.6 is 0 Å². The molecular weight excluding hydrogens is 210 g/mol. The van der Waals surface area contributed by atoms with E-state index in [1.165, 1.54) is 12.1 Å². The summed E-state index contributed by atoms with van der Waals surface area (Å²) in [6.07, 6.45) is 0. The van der Waals surface area contributed by atoms with Crippen LogP contribution in [0.2, 0.25) is 0 Å². The van der Waals surface area contributed by atoms with Crippen molar-refractivity contribution in [1.82, 2.24) is 10.2 Å². The van der Waals surface area contributed by atoms with Crippen molar-refractivity contribution in [1.29, 1.82) is 0 Å². The zero-order valence-electron chi connectivity index (χ0n) is 9.34. The monoisotopic (exact) mass is 226 g/mol. The first-order chi connectivity index (χ1) is 7.66. The molecule has 1 aliphatic rings. The molecule has 0 unspecified atom stereocenters. The molecule has 0 saturated carbocycles. The quantitative estimate of drug-likeness (QED) is 0.829. The highest BCUT2D eigenvalue weighted by atomic mass is 19.1. The van der Waals surface area contributed by atoms with Crippen LogP contribution in [0, 0.1) is 11.6 Å². The minimum atomic E-state index is -0.503. The highest BCUT2D eigenvalue weighted by molar-refractivity contribution is 5.21. The second kappa shape index (κ2) is 4.89. The molecule has 1 saturated heterocycles. The van der Waals surface area contributed by atoms with Gasteiger partial charge in [-0.25, -0.2) is 8.78 Å². The third kappa shape index (κ3) is 2.57. The molecule has 2 rings (SSSR count). The number of halogens is 2. The summed E-state index contributed by atoms with van der Waals surface area (Å²) in [7, 11) is 0. The van der Waals surface area contributed by atoms with Crippen molar-refractivity contribution in [2.24, 2.45) is 0 Å². The first-order valence-electron chi connectivity index (χ1n) is 5.57. The molecule has 1 heterocycles. The molecule has 2 nitrogen and oxygen atoms in total. The fourth-order valence-electron chi connectivity index (χ4n) is 2.10. The maximum Gasteiger partial charge on any atom is 0.126 e. The Morgan fingerprint density at radius 2 is 1.69 bits per heavy atom. The SMILES string of the molecule is C[C@H](c1cc(F)cc(F)c1)N1CCNCC1. The molecule has 0 amide bonds. The van der Waals surface area contributed by atoms with E-state index in [9.17, 15) is 8.78 Å². The molecule has 1 aromatic carbocycles. The number of nitrogens with zero attached hydrogens (tertiary/aromatic N) is 1. The summed E-state index contributed by atoms with van der Waals surface area (Å²) in [5.74, 6) is -1.01. The fraction of sp³-hybridized carbons (Fsp3) is 0.500. The average molecular weight is 226 g/mol. The molecule has 0 bridgehead atoms. The Bertz CT molecular complexity index is 342. The van der Waals surface area contributed by atoms with Gasteiger partial charge in [-0.2, -0.15) is 0 Å². The number of benzene rings is 1. The lowest BCUT2D eigenvalue weighted by molar-refractivity contribution is 0.185. The van der Waals surface area contributed by atoms with Crippen molar-refractivity contribution in [3.63, 3.8) is 0 Å². The Kier molecular flexibility index (Phi) is 3.51. The summed E-state index contributed by atoms with van der Waals surface area (Å²) in [6, 6.07) is 3.80. The predicted octanol–water partition coefficient (Wildman–Crippen LogP) is 1.93. The molecule has 1 fully saturated rings. The van der Waals surface area contributed by atoms with Gasteiger partial charge in [-0.1, -0.05) is 0 Å². The third-order valence-electron chi connectivity index (χ3n) is 3.07. The highest BCUT2D eigenvalue weighted by Crippen LogP contribution is 2.22. The van der Waals surface area contributed by atoms with E-state index in [0.29, 0.717) is 5.56 Å². The van der Waals surface area contributed by atoms with Crippen molar-refractivity contribution in [2.45, 2.75) is 13.0 Å². The average Bonchev–Trinajstić information content (AvgIpc) is 2.28. The number of nitrogens with one attached hydrogen (secondary N) is 1.